The quantitative estimate of drug-likeness (QED) is 0.805. The van der Waals surface area contributed by atoms with E-state index in [1.165, 1.54) is 4.90 Å². The molecule has 1 atom stereocenters. The number of benzene rings is 1. The van der Waals surface area contributed by atoms with Crippen molar-refractivity contribution in [2.24, 2.45) is 0 Å². The Morgan fingerprint density at radius 1 is 1.37 bits per heavy atom. The van der Waals surface area contributed by atoms with Crippen LogP contribution in [0.25, 0.3) is 0 Å². The average molecular weight is 259 g/mol. The number of ether oxygens (including phenoxy) is 2. The maximum absolute atomic E-state index is 11.6. The molecule has 0 aliphatic carbocycles. The Hall–Kier alpha value is -2.42. The van der Waals surface area contributed by atoms with Gasteiger partial charge in [-0.2, -0.15) is 5.26 Å². The Labute approximate surface area is 110 Å². The van der Waals surface area contributed by atoms with Crippen LogP contribution in [0, 0.1) is 11.3 Å². The van der Waals surface area contributed by atoms with E-state index < -0.39 is 0 Å². The summed E-state index contributed by atoms with van der Waals surface area (Å²) in [6.45, 7) is 1.69. The van der Waals surface area contributed by atoms with Gasteiger partial charge in [-0.25, -0.2) is 4.79 Å². The van der Waals surface area contributed by atoms with Crippen LogP contribution in [0.15, 0.2) is 18.2 Å². The number of nitrogens with one attached hydrogen (secondary N) is 1. The maximum Gasteiger partial charge on any atom is 0.318 e. The predicted molar refractivity (Wildman–Crippen MR) is 65.9 cm³/mol. The number of nitrogens with zero attached hydrogens (tertiary/aromatic N) is 2. The smallest absolute Gasteiger partial charge is 0.318 e. The zero-order chi connectivity index (χ0) is 13.2. The van der Waals surface area contributed by atoms with Gasteiger partial charge in [-0.3, -0.25) is 0 Å². The van der Waals surface area contributed by atoms with Gasteiger partial charge in [0.1, 0.15) is 19.8 Å². The fraction of sp³-hybridized carbons (Fsp3) is 0.385. The summed E-state index contributed by atoms with van der Waals surface area (Å²) in [6, 6.07) is 7.31. The van der Waals surface area contributed by atoms with Gasteiger partial charge in [-0.1, -0.05) is 6.07 Å². The van der Waals surface area contributed by atoms with Gasteiger partial charge < -0.3 is 19.7 Å². The average Bonchev–Trinajstić information content (AvgIpc) is 2.80. The number of urea groups is 1. The minimum Gasteiger partial charge on any atom is -0.486 e. The number of fused-ring (bicyclic) bond motifs is 1. The Morgan fingerprint density at radius 3 is 2.95 bits per heavy atom. The van der Waals surface area contributed by atoms with E-state index in [2.05, 4.69) is 5.32 Å². The molecule has 1 aromatic carbocycles. The van der Waals surface area contributed by atoms with Crippen molar-refractivity contribution < 1.29 is 14.3 Å². The van der Waals surface area contributed by atoms with E-state index in [0.29, 0.717) is 25.5 Å². The fourth-order valence-electron chi connectivity index (χ4n) is 2.28. The molecule has 0 saturated carbocycles. The van der Waals surface area contributed by atoms with Crippen LogP contribution in [0.5, 0.6) is 11.5 Å². The molecule has 2 amide bonds. The molecule has 98 valence electrons. The van der Waals surface area contributed by atoms with Crippen molar-refractivity contribution in [3.05, 3.63) is 23.8 Å². The highest BCUT2D eigenvalue weighted by Crippen LogP contribution is 2.33. The summed E-state index contributed by atoms with van der Waals surface area (Å²) in [5.41, 5.74) is 0.957. The molecule has 1 unspecified atom stereocenters. The highest BCUT2D eigenvalue weighted by molar-refractivity contribution is 5.77. The van der Waals surface area contributed by atoms with Crippen LogP contribution >= 0.6 is 0 Å². The van der Waals surface area contributed by atoms with Crippen molar-refractivity contribution in [2.45, 2.75) is 6.04 Å². The third-order valence-electron chi connectivity index (χ3n) is 3.22. The standard InChI is InChI=1S/C13H13N3O3/c14-3-4-16-8-10(15-13(16)17)9-1-2-11-12(7-9)19-6-5-18-11/h1-2,7,10H,4-6,8H2,(H,15,17). The summed E-state index contributed by atoms with van der Waals surface area (Å²) in [5.74, 6) is 1.44. The topological polar surface area (TPSA) is 74.6 Å². The van der Waals surface area contributed by atoms with Crippen LogP contribution < -0.4 is 14.8 Å². The van der Waals surface area contributed by atoms with Gasteiger partial charge in [0.05, 0.1) is 12.1 Å². The Bertz CT molecular complexity index is 553. The summed E-state index contributed by atoms with van der Waals surface area (Å²) in [4.78, 5) is 13.1. The Kier molecular flexibility index (Phi) is 2.88. The number of amides is 2. The van der Waals surface area contributed by atoms with Crippen molar-refractivity contribution >= 4 is 6.03 Å². The van der Waals surface area contributed by atoms with Gasteiger partial charge >= 0.3 is 6.03 Å². The van der Waals surface area contributed by atoms with Gasteiger partial charge in [0.2, 0.25) is 0 Å². The van der Waals surface area contributed by atoms with Crippen LogP contribution in [-0.4, -0.2) is 37.2 Å². The van der Waals surface area contributed by atoms with Crippen LogP contribution in [0.2, 0.25) is 0 Å². The van der Waals surface area contributed by atoms with Crippen LogP contribution in [0.1, 0.15) is 11.6 Å². The molecule has 6 heteroatoms. The normalized spacial score (nSPS) is 20.9. The molecule has 1 saturated heterocycles. The first-order chi connectivity index (χ1) is 9.28. The molecule has 1 aromatic rings. The van der Waals surface area contributed by atoms with E-state index in [9.17, 15) is 4.79 Å². The molecule has 1 N–H and O–H groups in total. The molecule has 0 aromatic heterocycles. The minimum atomic E-state index is -0.207. The van der Waals surface area contributed by atoms with Gasteiger partial charge in [0, 0.05) is 6.54 Å². The number of rotatable bonds is 2. The number of carbonyl (C=O) groups is 1. The van der Waals surface area contributed by atoms with Gasteiger partial charge in [0.25, 0.3) is 0 Å². The minimum absolute atomic E-state index is 0.104. The number of carbonyl (C=O) groups excluding carboxylic acids is 1. The Balaban J connectivity index is 1.80. The van der Waals surface area contributed by atoms with E-state index in [1.54, 1.807) is 0 Å². The first kappa shape index (κ1) is 11.7. The highest BCUT2D eigenvalue weighted by Gasteiger charge is 2.30. The molecular weight excluding hydrogens is 246 g/mol. The molecule has 3 rings (SSSR count). The molecule has 0 bridgehead atoms. The molecule has 1 fully saturated rings. The monoisotopic (exact) mass is 259 g/mol. The zero-order valence-electron chi connectivity index (χ0n) is 10.3. The van der Waals surface area contributed by atoms with Crippen molar-refractivity contribution in [2.75, 3.05) is 26.3 Å². The van der Waals surface area contributed by atoms with Crippen molar-refractivity contribution in [3.8, 4) is 17.6 Å². The maximum atomic E-state index is 11.6. The van der Waals surface area contributed by atoms with Crippen LogP contribution in [-0.2, 0) is 0 Å². The lowest BCUT2D eigenvalue weighted by Crippen LogP contribution is -2.28. The van der Waals surface area contributed by atoms with Crippen molar-refractivity contribution in [3.63, 3.8) is 0 Å². The van der Waals surface area contributed by atoms with Crippen LogP contribution in [0.3, 0.4) is 0 Å². The lowest BCUT2D eigenvalue weighted by molar-refractivity contribution is 0.171. The van der Waals surface area contributed by atoms with E-state index >= 15 is 0 Å². The SMILES string of the molecule is N#CCN1CC(c2ccc3c(c2)OCCO3)NC1=O. The van der Waals surface area contributed by atoms with E-state index in [4.69, 9.17) is 14.7 Å². The summed E-state index contributed by atoms with van der Waals surface area (Å²) < 4.78 is 11.0. The lowest BCUT2D eigenvalue weighted by Gasteiger charge is -2.20. The van der Waals surface area contributed by atoms with Crippen molar-refractivity contribution in [1.29, 1.82) is 5.26 Å². The first-order valence-corrected chi connectivity index (χ1v) is 6.10. The first-order valence-electron chi connectivity index (χ1n) is 6.10. The lowest BCUT2D eigenvalue weighted by atomic mass is 10.1. The number of hydrogen-bond donors (Lipinski definition) is 1. The van der Waals surface area contributed by atoms with Gasteiger partial charge in [-0.15, -0.1) is 0 Å². The second kappa shape index (κ2) is 4.69. The third-order valence-corrected chi connectivity index (χ3v) is 3.22. The number of nitriles is 1. The molecule has 6 nitrogen and oxygen atoms in total. The van der Waals surface area contributed by atoms with Crippen LogP contribution in [0.4, 0.5) is 4.79 Å². The van der Waals surface area contributed by atoms with Crippen molar-refractivity contribution in [1.82, 2.24) is 10.2 Å². The molecular formula is C13H13N3O3. The molecule has 0 spiro atoms. The second-order valence-electron chi connectivity index (χ2n) is 4.44. The van der Waals surface area contributed by atoms with Gasteiger partial charge in [-0.05, 0) is 17.7 Å². The second-order valence-corrected chi connectivity index (χ2v) is 4.44. The molecule has 2 heterocycles. The molecule has 2 aliphatic heterocycles. The largest absolute Gasteiger partial charge is 0.486 e. The molecule has 2 aliphatic rings. The summed E-state index contributed by atoms with van der Waals surface area (Å²) >= 11 is 0. The molecule has 0 radical (unpaired) electrons. The zero-order valence-corrected chi connectivity index (χ0v) is 10.3. The van der Waals surface area contributed by atoms with E-state index in [0.717, 1.165) is 11.3 Å². The summed E-state index contributed by atoms with van der Waals surface area (Å²) in [5, 5.41) is 11.5. The predicted octanol–water partition coefficient (Wildman–Crippen LogP) is 1.05. The number of hydrogen-bond acceptors (Lipinski definition) is 4. The highest BCUT2D eigenvalue weighted by atomic mass is 16.6. The molecule has 19 heavy (non-hydrogen) atoms. The Morgan fingerprint density at radius 2 is 2.16 bits per heavy atom. The van der Waals surface area contributed by atoms with E-state index in [1.807, 2.05) is 24.3 Å². The fourth-order valence-corrected chi connectivity index (χ4v) is 2.28. The summed E-state index contributed by atoms with van der Waals surface area (Å²) in [7, 11) is 0. The van der Waals surface area contributed by atoms with E-state index in [-0.39, 0.29) is 18.6 Å². The van der Waals surface area contributed by atoms with Gasteiger partial charge in [0.15, 0.2) is 11.5 Å². The third kappa shape index (κ3) is 2.15. The summed E-state index contributed by atoms with van der Waals surface area (Å²) in [6.07, 6.45) is 0.